The maximum atomic E-state index is 12.8. The highest BCUT2D eigenvalue weighted by Gasteiger charge is 2.29. The second kappa shape index (κ2) is 7.96. The van der Waals surface area contributed by atoms with Crippen LogP contribution in [0.4, 0.5) is 5.69 Å². The Morgan fingerprint density at radius 1 is 1.23 bits per heavy atom. The van der Waals surface area contributed by atoms with Gasteiger partial charge < -0.3 is 10.0 Å². The molecule has 7 heteroatoms. The van der Waals surface area contributed by atoms with E-state index in [1.165, 1.54) is 19.3 Å². The zero-order valence-corrected chi connectivity index (χ0v) is 16.0. The molecule has 1 aromatic carbocycles. The molecule has 1 saturated carbocycles. The number of nitrogens with one attached hydrogen (secondary N) is 1. The minimum absolute atomic E-state index is 0.0767. The van der Waals surface area contributed by atoms with Gasteiger partial charge in [0.1, 0.15) is 0 Å². The van der Waals surface area contributed by atoms with Crippen molar-refractivity contribution in [2.24, 2.45) is 11.8 Å². The van der Waals surface area contributed by atoms with E-state index in [-0.39, 0.29) is 16.9 Å². The van der Waals surface area contributed by atoms with Crippen molar-refractivity contribution < 1.29 is 18.3 Å². The predicted molar refractivity (Wildman–Crippen MR) is 101 cm³/mol. The minimum Gasteiger partial charge on any atom is -0.481 e. The first-order valence-corrected chi connectivity index (χ1v) is 11.0. The first-order valence-electron chi connectivity index (χ1n) is 9.47. The van der Waals surface area contributed by atoms with E-state index in [2.05, 4.69) is 4.72 Å². The van der Waals surface area contributed by atoms with Gasteiger partial charge in [-0.1, -0.05) is 25.3 Å². The van der Waals surface area contributed by atoms with E-state index in [1.807, 2.05) is 17.9 Å². The SMILES string of the molecule is CC(NS(=O)(=O)c1cccc(N2CCC(C(=O)O)C2)c1)C1CCCCC1. The van der Waals surface area contributed by atoms with Crippen LogP contribution in [0.2, 0.25) is 0 Å². The quantitative estimate of drug-likeness (QED) is 0.792. The number of benzene rings is 1. The van der Waals surface area contributed by atoms with E-state index in [0.29, 0.717) is 25.4 Å². The van der Waals surface area contributed by atoms with E-state index in [1.54, 1.807) is 18.2 Å². The Balaban J connectivity index is 1.71. The fourth-order valence-electron chi connectivity index (χ4n) is 4.09. The summed E-state index contributed by atoms with van der Waals surface area (Å²) >= 11 is 0. The number of carbonyl (C=O) groups is 1. The number of hydrogen-bond donors (Lipinski definition) is 2. The molecular weight excluding hydrogens is 352 g/mol. The van der Waals surface area contributed by atoms with Crippen LogP contribution < -0.4 is 9.62 Å². The summed E-state index contributed by atoms with van der Waals surface area (Å²) in [6.45, 7) is 3.01. The highest BCUT2D eigenvalue weighted by molar-refractivity contribution is 7.89. The summed E-state index contributed by atoms with van der Waals surface area (Å²) in [5.41, 5.74) is 0.766. The lowest BCUT2D eigenvalue weighted by atomic mass is 9.85. The van der Waals surface area contributed by atoms with Gasteiger partial charge in [-0.05, 0) is 50.3 Å². The number of sulfonamides is 1. The second-order valence-corrected chi connectivity index (χ2v) is 9.29. The lowest BCUT2D eigenvalue weighted by Crippen LogP contribution is -2.38. The summed E-state index contributed by atoms with van der Waals surface area (Å²) in [6.07, 6.45) is 6.33. The molecule has 2 aliphatic rings. The number of rotatable bonds is 6. The van der Waals surface area contributed by atoms with Crippen LogP contribution in [0, 0.1) is 11.8 Å². The van der Waals surface area contributed by atoms with E-state index in [9.17, 15) is 13.2 Å². The number of anilines is 1. The normalized spacial score (nSPS) is 23.1. The lowest BCUT2D eigenvalue weighted by Gasteiger charge is -2.28. The molecule has 2 N–H and O–H groups in total. The third-order valence-electron chi connectivity index (χ3n) is 5.73. The third kappa shape index (κ3) is 4.38. The van der Waals surface area contributed by atoms with E-state index >= 15 is 0 Å². The van der Waals surface area contributed by atoms with Crippen LogP contribution in [0.15, 0.2) is 29.2 Å². The summed E-state index contributed by atoms with van der Waals surface area (Å²) in [6, 6.07) is 6.74. The van der Waals surface area contributed by atoms with Gasteiger partial charge in [0.05, 0.1) is 10.8 Å². The van der Waals surface area contributed by atoms with Gasteiger partial charge in [0.15, 0.2) is 0 Å². The Labute approximate surface area is 155 Å². The highest BCUT2D eigenvalue weighted by atomic mass is 32.2. The summed E-state index contributed by atoms with van der Waals surface area (Å²) in [4.78, 5) is 13.3. The van der Waals surface area contributed by atoms with Gasteiger partial charge in [-0.2, -0.15) is 0 Å². The molecule has 2 atom stereocenters. The van der Waals surface area contributed by atoms with Gasteiger partial charge in [-0.15, -0.1) is 0 Å². The van der Waals surface area contributed by atoms with E-state index < -0.39 is 16.0 Å². The zero-order valence-electron chi connectivity index (χ0n) is 15.2. The molecule has 1 saturated heterocycles. The molecule has 1 aliphatic heterocycles. The van der Waals surface area contributed by atoms with Crippen molar-refractivity contribution >= 4 is 21.7 Å². The first-order chi connectivity index (χ1) is 12.4. The molecule has 0 bridgehead atoms. The average Bonchev–Trinajstić information content (AvgIpc) is 3.13. The van der Waals surface area contributed by atoms with E-state index in [0.717, 1.165) is 18.5 Å². The highest BCUT2D eigenvalue weighted by Crippen LogP contribution is 2.29. The van der Waals surface area contributed by atoms with Gasteiger partial charge in [-0.3, -0.25) is 4.79 Å². The zero-order chi connectivity index (χ0) is 18.7. The maximum absolute atomic E-state index is 12.8. The second-order valence-electron chi connectivity index (χ2n) is 7.58. The first kappa shape index (κ1) is 19.2. The van der Waals surface area contributed by atoms with Crippen molar-refractivity contribution in [3.8, 4) is 0 Å². The molecule has 26 heavy (non-hydrogen) atoms. The summed E-state index contributed by atoms with van der Waals surface area (Å²) in [5, 5.41) is 9.15. The largest absolute Gasteiger partial charge is 0.481 e. The minimum atomic E-state index is -3.58. The van der Waals surface area contributed by atoms with Crippen molar-refractivity contribution in [3.05, 3.63) is 24.3 Å². The fraction of sp³-hybridized carbons (Fsp3) is 0.632. The molecule has 1 aromatic rings. The number of nitrogens with zero attached hydrogens (tertiary/aromatic N) is 1. The Morgan fingerprint density at radius 2 is 1.96 bits per heavy atom. The van der Waals surface area contributed by atoms with Crippen molar-refractivity contribution in [2.75, 3.05) is 18.0 Å². The average molecular weight is 381 g/mol. The third-order valence-corrected chi connectivity index (χ3v) is 7.29. The molecule has 1 heterocycles. The van der Waals surface area contributed by atoms with Gasteiger partial charge in [-0.25, -0.2) is 13.1 Å². The Hall–Kier alpha value is -1.60. The predicted octanol–water partition coefficient (Wildman–Crippen LogP) is 2.84. The molecule has 3 rings (SSSR count). The lowest BCUT2D eigenvalue weighted by molar-refractivity contribution is -0.140. The van der Waals surface area contributed by atoms with Crippen LogP contribution >= 0.6 is 0 Å². The molecule has 6 nitrogen and oxygen atoms in total. The van der Waals surface area contributed by atoms with Crippen LogP contribution in [0.1, 0.15) is 45.4 Å². The van der Waals surface area contributed by atoms with Crippen molar-refractivity contribution in [1.29, 1.82) is 0 Å². The maximum Gasteiger partial charge on any atom is 0.308 e. The molecule has 0 spiro atoms. The topological polar surface area (TPSA) is 86.7 Å². The summed E-state index contributed by atoms with van der Waals surface area (Å²) in [7, 11) is -3.58. The Kier molecular flexibility index (Phi) is 5.87. The number of hydrogen-bond acceptors (Lipinski definition) is 4. The Morgan fingerprint density at radius 3 is 2.62 bits per heavy atom. The van der Waals surface area contributed by atoms with Crippen LogP contribution in [0.5, 0.6) is 0 Å². The fourth-order valence-corrected chi connectivity index (χ4v) is 5.44. The van der Waals surface area contributed by atoms with Crippen LogP contribution in [0.25, 0.3) is 0 Å². The van der Waals surface area contributed by atoms with E-state index in [4.69, 9.17) is 5.11 Å². The molecule has 0 amide bonds. The standard InChI is InChI=1S/C19H28N2O4S/c1-14(15-6-3-2-4-7-15)20-26(24,25)18-9-5-8-17(12-18)21-11-10-16(13-21)19(22)23/h5,8-9,12,14-16,20H,2-4,6-7,10-11,13H2,1H3,(H,22,23). The number of carboxylic acids is 1. The van der Waals surface area contributed by atoms with Gasteiger partial charge in [0.2, 0.25) is 10.0 Å². The Bertz CT molecular complexity index is 744. The van der Waals surface area contributed by atoms with Gasteiger partial charge >= 0.3 is 5.97 Å². The van der Waals surface area contributed by atoms with Gasteiger partial charge in [0.25, 0.3) is 0 Å². The summed E-state index contributed by atoms with van der Waals surface area (Å²) < 4.78 is 28.4. The summed E-state index contributed by atoms with van der Waals surface area (Å²) in [5.74, 6) is -0.782. The molecule has 2 fully saturated rings. The van der Waals surface area contributed by atoms with Gasteiger partial charge in [0, 0.05) is 24.8 Å². The van der Waals surface area contributed by atoms with Crippen LogP contribution in [-0.4, -0.2) is 38.6 Å². The number of carboxylic acid groups (broad SMARTS) is 1. The van der Waals surface area contributed by atoms with Crippen LogP contribution in [-0.2, 0) is 14.8 Å². The van der Waals surface area contributed by atoms with Crippen molar-refractivity contribution in [3.63, 3.8) is 0 Å². The van der Waals surface area contributed by atoms with Crippen LogP contribution in [0.3, 0.4) is 0 Å². The smallest absolute Gasteiger partial charge is 0.308 e. The molecule has 2 unspecified atom stereocenters. The molecule has 144 valence electrons. The van der Waals surface area contributed by atoms with Crippen molar-refractivity contribution in [2.45, 2.75) is 56.4 Å². The monoisotopic (exact) mass is 380 g/mol. The molecule has 0 radical (unpaired) electrons. The molecule has 0 aromatic heterocycles. The van der Waals surface area contributed by atoms with Crippen molar-refractivity contribution in [1.82, 2.24) is 4.72 Å². The number of aliphatic carboxylic acids is 1. The molecular formula is C19H28N2O4S. The molecule has 1 aliphatic carbocycles.